The number of rotatable bonds is 6. The van der Waals surface area contributed by atoms with Crippen LogP contribution >= 0.6 is 0 Å². The lowest BCUT2D eigenvalue weighted by Crippen LogP contribution is -2.04. The van der Waals surface area contributed by atoms with E-state index in [2.05, 4.69) is 16.6 Å². The highest BCUT2D eigenvalue weighted by Gasteiger charge is 1.96. The van der Waals surface area contributed by atoms with Gasteiger partial charge in [-0.05, 0) is 12.1 Å². The van der Waals surface area contributed by atoms with E-state index in [9.17, 15) is 4.79 Å². The number of oxime groups is 1. The van der Waals surface area contributed by atoms with Gasteiger partial charge in [0.25, 0.3) is 0 Å². The van der Waals surface area contributed by atoms with E-state index in [-0.39, 0.29) is 0 Å². The van der Waals surface area contributed by atoms with Gasteiger partial charge < -0.3 is 14.5 Å². The Kier molecular flexibility index (Phi) is 4.15. The van der Waals surface area contributed by atoms with Gasteiger partial charge in [-0.15, -0.1) is 6.58 Å². The van der Waals surface area contributed by atoms with Gasteiger partial charge in [-0.2, -0.15) is 0 Å². The number of allylic oxidation sites excluding steroid dienone is 1. The molecule has 15 heavy (non-hydrogen) atoms. The van der Waals surface area contributed by atoms with E-state index in [1.807, 2.05) is 22.9 Å². The number of carboxylic acids is 1. The molecule has 0 radical (unpaired) electrons. The van der Waals surface area contributed by atoms with Crippen molar-refractivity contribution in [2.75, 3.05) is 6.61 Å². The van der Waals surface area contributed by atoms with Crippen LogP contribution in [0.3, 0.4) is 0 Å². The number of hydrogen-bond acceptors (Lipinski definition) is 3. The smallest absolute Gasteiger partial charge is 0.344 e. The zero-order valence-electron chi connectivity index (χ0n) is 8.17. The average Bonchev–Trinajstić information content (AvgIpc) is 2.61. The number of nitrogens with zero attached hydrogens (tertiary/aromatic N) is 2. The molecule has 0 aliphatic rings. The largest absolute Gasteiger partial charge is 0.479 e. The molecular weight excluding hydrogens is 196 g/mol. The molecule has 0 bridgehead atoms. The van der Waals surface area contributed by atoms with Crippen LogP contribution in [0.4, 0.5) is 0 Å². The highest BCUT2D eigenvalue weighted by Crippen LogP contribution is 1.99. The molecule has 0 aliphatic carbocycles. The minimum absolute atomic E-state index is 0.432. The first-order valence-corrected chi connectivity index (χ1v) is 4.37. The molecule has 1 aromatic heterocycles. The number of carbonyl (C=O) groups is 1. The first-order chi connectivity index (χ1) is 7.24. The first kappa shape index (κ1) is 11.0. The third-order valence-electron chi connectivity index (χ3n) is 1.64. The number of aromatic nitrogens is 1. The summed E-state index contributed by atoms with van der Waals surface area (Å²) in [5, 5.41) is 11.8. The van der Waals surface area contributed by atoms with Gasteiger partial charge in [0.2, 0.25) is 6.61 Å². The topological polar surface area (TPSA) is 63.8 Å². The van der Waals surface area contributed by atoms with Crippen molar-refractivity contribution in [1.29, 1.82) is 0 Å². The Morgan fingerprint density at radius 3 is 3.20 bits per heavy atom. The Hall–Kier alpha value is -2.04. The lowest BCUT2D eigenvalue weighted by Gasteiger charge is -2.00. The van der Waals surface area contributed by atoms with Gasteiger partial charge in [0.15, 0.2) is 0 Å². The molecule has 1 aromatic rings. The van der Waals surface area contributed by atoms with Crippen LogP contribution in [0.15, 0.2) is 36.1 Å². The predicted octanol–water partition coefficient (Wildman–Crippen LogP) is 1.11. The quantitative estimate of drug-likeness (QED) is 0.432. The number of hydrogen-bond donors (Lipinski definition) is 1. The van der Waals surface area contributed by atoms with Crippen LogP contribution < -0.4 is 0 Å². The van der Waals surface area contributed by atoms with Crippen molar-refractivity contribution >= 4 is 12.2 Å². The van der Waals surface area contributed by atoms with E-state index >= 15 is 0 Å². The summed E-state index contributed by atoms with van der Waals surface area (Å²) < 4.78 is 1.90. The summed E-state index contributed by atoms with van der Waals surface area (Å²) in [4.78, 5) is 14.6. The van der Waals surface area contributed by atoms with E-state index in [4.69, 9.17) is 5.11 Å². The Bertz CT molecular complexity index is 368. The molecular formula is C10H12N2O3. The summed E-state index contributed by atoms with van der Waals surface area (Å²) in [7, 11) is 0. The second-order valence-electron chi connectivity index (χ2n) is 2.78. The first-order valence-electron chi connectivity index (χ1n) is 4.37. The molecule has 0 aromatic carbocycles. The summed E-state index contributed by atoms with van der Waals surface area (Å²) in [6, 6.07) is 3.71. The predicted molar refractivity (Wildman–Crippen MR) is 55.8 cm³/mol. The zero-order chi connectivity index (χ0) is 11.1. The van der Waals surface area contributed by atoms with Gasteiger partial charge in [0, 0.05) is 12.7 Å². The number of aliphatic carboxylic acids is 1. The minimum Gasteiger partial charge on any atom is -0.479 e. The molecule has 0 spiro atoms. The summed E-state index contributed by atoms with van der Waals surface area (Å²) >= 11 is 0. The molecule has 1 heterocycles. The zero-order valence-corrected chi connectivity index (χ0v) is 8.17. The fourth-order valence-electron chi connectivity index (χ4n) is 1.03. The highest BCUT2D eigenvalue weighted by molar-refractivity contribution is 5.77. The van der Waals surface area contributed by atoms with Crippen LogP contribution in [0, 0.1) is 0 Å². The van der Waals surface area contributed by atoms with Gasteiger partial charge in [-0.1, -0.05) is 11.2 Å². The van der Waals surface area contributed by atoms with Crippen molar-refractivity contribution in [2.24, 2.45) is 5.16 Å². The standard InChI is InChI=1S/C10H12N2O3/c1-2-5-12-6-3-4-9(12)7-11-15-8-10(13)14/h2-4,6-7H,1,5,8H2,(H,13,14)/b11-7+. The van der Waals surface area contributed by atoms with Gasteiger partial charge in [0.05, 0.1) is 11.9 Å². The van der Waals surface area contributed by atoms with Crippen molar-refractivity contribution in [1.82, 2.24) is 4.57 Å². The fraction of sp³-hybridized carbons (Fsp3) is 0.200. The van der Waals surface area contributed by atoms with Crippen LogP contribution in [0.2, 0.25) is 0 Å². The highest BCUT2D eigenvalue weighted by atomic mass is 16.6. The molecule has 0 amide bonds. The Labute approximate surface area is 87.3 Å². The second kappa shape index (κ2) is 5.64. The van der Waals surface area contributed by atoms with Gasteiger partial charge in [-0.25, -0.2) is 4.79 Å². The van der Waals surface area contributed by atoms with Crippen LogP contribution in [-0.4, -0.2) is 28.5 Å². The molecule has 1 rings (SSSR count). The third-order valence-corrected chi connectivity index (χ3v) is 1.64. The van der Waals surface area contributed by atoms with E-state index < -0.39 is 12.6 Å². The maximum atomic E-state index is 10.1. The maximum absolute atomic E-state index is 10.1. The minimum atomic E-state index is -1.05. The second-order valence-corrected chi connectivity index (χ2v) is 2.78. The lowest BCUT2D eigenvalue weighted by molar-refractivity contribution is -0.142. The van der Waals surface area contributed by atoms with Crippen molar-refractivity contribution in [2.45, 2.75) is 6.54 Å². The maximum Gasteiger partial charge on any atom is 0.344 e. The molecule has 80 valence electrons. The Morgan fingerprint density at radius 2 is 2.53 bits per heavy atom. The van der Waals surface area contributed by atoms with Crippen LogP contribution in [0.5, 0.6) is 0 Å². The van der Waals surface area contributed by atoms with Crippen molar-refractivity contribution in [3.63, 3.8) is 0 Å². The van der Waals surface area contributed by atoms with E-state index in [1.54, 1.807) is 6.08 Å². The van der Waals surface area contributed by atoms with E-state index in [0.717, 1.165) is 5.69 Å². The van der Waals surface area contributed by atoms with E-state index in [0.29, 0.717) is 6.54 Å². The third kappa shape index (κ3) is 3.68. The molecule has 0 saturated heterocycles. The normalized spacial score (nSPS) is 10.4. The molecule has 0 fully saturated rings. The summed E-state index contributed by atoms with van der Waals surface area (Å²) in [5.74, 6) is -1.05. The van der Waals surface area contributed by atoms with Gasteiger partial charge in [-0.3, -0.25) is 0 Å². The van der Waals surface area contributed by atoms with Crippen LogP contribution in [0.25, 0.3) is 0 Å². The summed E-state index contributed by atoms with van der Waals surface area (Å²) in [5.41, 5.74) is 0.834. The molecule has 0 aliphatic heterocycles. The van der Waals surface area contributed by atoms with Crippen LogP contribution in [0.1, 0.15) is 5.69 Å². The fourth-order valence-corrected chi connectivity index (χ4v) is 1.03. The molecule has 1 N–H and O–H groups in total. The number of carboxylic acid groups (broad SMARTS) is 1. The van der Waals surface area contributed by atoms with Crippen molar-refractivity contribution in [3.8, 4) is 0 Å². The molecule has 0 saturated carbocycles. The molecule has 0 atom stereocenters. The Morgan fingerprint density at radius 1 is 1.73 bits per heavy atom. The van der Waals surface area contributed by atoms with Gasteiger partial charge in [0.1, 0.15) is 0 Å². The SMILES string of the molecule is C=CCn1cccc1/C=N/OCC(=O)O. The van der Waals surface area contributed by atoms with Crippen molar-refractivity contribution < 1.29 is 14.7 Å². The van der Waals surface area contributed by atoms with Crippen LogP contribution in [-0.2, 0) is 16.2 Å². The summed E-state index contributed by atoms with van der Waals surface area (Å²) in [6.07, 6.45) is 5.10. The summed E-state index contributed by atoms with van der Waals surface area (Å²) in [6.45, 7) is 3.86. The monoisotopic (exact) mass is 208 g/mol. The van der Waals surface area contributed by atoms with E-state index in [1.165, 1.54) is 6.21 Å². The van der Waals surface area contributed by atoms with Crippen molar-refractivity contribution in [3.05, 3.63) is 36.7 Å². The average molecular weight is 208 g/mol. The molecule has 5 nitrogen and oxygen atoms in total. The lowest BCUT2D eigenvalue weighted by atomic mass is 10.4. The Balaban J connectivity index is 2.51. The molecule has 0 unspecified atom stereocenters. The molecule has 5 heteroatoms. The van der Waals surface area contributed by atoms with Gasteiger partial charge >= 0.3 is 5.97 Å².